The molecule has 0 aliphatic carbocycles. The van der Waals surface area contributed by atoms with Crippen LogP contribution in [-0.2, 0) is 0 Å². The van der Waals surface area contributed by atoms with Crippen molar-refractivity contribution in [3.05, 3.63) is 29.8 Å². The van der Waals surface area contributed by atoms with Crippen LogP contribution in [0.3, 0.4) is 0 Å². The molecule has 1 heterocycles. The SMILES string of the molecule is O=C1CC(Br)Nc2ccccc21. The van der Waals surface area contributed by atoms with Crippen LogP contribution in [0.4, 0.5) is 5.69 Å². The Kier molecular flexibility index (Phi) is 1.89. The number of rotatable bonds is 0. The number of carbonyl (C=O) groups excluding carboxylic acids is 1. The van der Waals surface area contributed by atoms with Gasteiger partial charge < -0.3 is 5.32 Å². The summed E-state index contributed by atoms with van der Waals surface area (Å²) in [6.45, 7) is 0. The van der Waals surface area contributed by atoms with Crippen molar-refractivity contribution in [3.63, 3.8) is 0 Å². The first kappa shape index (κ1) is 7.80. The second-order valence-electron chi connectivity index (χ2n) is 2.78. The molecule has 1 aliphatic rings. The maximum atomic E-state index is 11.4. The molecule has 0 bridgehead atoms. The molecule has 1 atom stereocenters. The maximum absolute atomic E-state index is 11.4. The number of hydrogen-bond acceptors (Lipinski definition) is 2. The fourth-order valence-corrected chi connectivity index (χ4v) is 1.89. The number of fused-ring (bicyclic) bond motifs is 1. The zero-order valence-corrected chi connectivity index (χ0v) is 7.97. The van der Waals surface area contributed by atoms with Gasteiger partial charge in [0, 0.05) is 17.7 Å². The number of nitrogens with one attached hydrogen (secondary N) is 1. The van der Waals surface area contributed by atoms with E-state index in [0.29, 0.717) is 6.42 Å². The van der Waals surface area contributed by atoms with Gasteiger partial charge >= 0.3 is 0 Å². The fraction of sp³-hybridized carbons (Fsp3) is 0.222. The van der Waals surface area contributed by atoms with Crippen LogP contribution in [0, 0.1) is 0 Å². The number of halogens is 1. The van der Waals surface area contributed by atoms with Gasteiger partial charge in [0.15, 0.2) is 5.78 Å². The minimum absolute atomic E-state index is 0.0832. The Labute approximate surface area is 79.1 Å². The van der Waals surface area contributed by atoms with E-state index in [0.717, 1.165) is 11.3 Å². The molecule has 1 aromatic carbocycles. The van der Waals surface area contributed by atoms with E-state index in [2.05, 4.69) is 21.2 Å². The molecule has 3 heteroatoms. The van der Waals surface area contributed by atoms with Crippen molar-refractivity contribution in [1.82, 2.24) is 0 Å². The molecule has 2 rings (SSSR count). The molecule has 2 nitrogen and oxygen atoms in total. The number of Topliss-reactive ketones (excluding diaryl/α,β-unsaturated/α-hetero) is 1. The molecule has 0 spiro atoms. The predicted molar refractivity (Wildman–Crippen MR) is 51.7 cm³/mol. The van der Waals surface area contributed by atoms with Crippen molar-refractivity contribution in [2.75, 3.05) is 5.32 Å². The van der Waals surface area contributed by atoms with Crippen LogP contribution < -0.4 is 5.32 Å². The number of ketones is 1. The van der Waals surface area contributed by atoms with Gasteiger partial charge in [-0.3, -0.25) is 4.79 Å². The lowest BCUT2D eigenvalue weighted by molar-refractivity contribution is 0.0981. The van der Waals surface area contributed by atoms with E-state index in [-0.39, 0.29) is 10.7 Å². The summed E-state index contributed by atoms with van der Waals surface area (Å²) in [7, 11) is 0. The van der Waals surface area contributed by atoms with Gasteiger partial charge in [0.25, 0.3) is 0 Å². The molecule has 0 amide bonds. The van der Waals surface area contributed by atoms with Crippen molar-refractivity contribution in [2.45, 2.75) is 11.4 Å². The summed E-state index contributed by atoms with van der Waals surface area (Å²) in [6, 6.07) is 7.57. The lowest BCUT2D eigenvalue weighted by Crippen LogP contribution is -2.23. The zero-order valence-electron chi connectivity index (χ0n) is 6.38. The second-order valence-corrected chi connectivity index (χ2v) is 3.89. The van der Waals surface area contributed by atoms with E-state index >= 15 is 0 Å². The molecule has 1 N–H and O–H groups in total. The van der Waals surface area contributed by atoms with Crippen molar-refractivity contribution in [1.29, 1.82) is 0 Å². The quantitative estimate of drug-likeness (QED) is 0.543. The lowest BCUT2D eigenvalue weighted by atomic mass is 10.0. The Morgan fingerprint density at radius 2 is 2.17 bits per heavy atom. The Morgan fingerprint density at radius 3 is 3.00 bits per heavy atom. The van der Waals surface area contributed by atoms with E-state index in [1.54, 1.807) is 0 Å². The number of anilines is 1. The Morgan fingerprint density at radius 1 is 1.42 bits per heavy atom. The van der Waals surface area contributed by atoms with Gasteiger partial charge in [-0.1, -0.05) is 28.1 Å². The van der Waals surface area contributed by atoms with Gasteiger partial charge in [0.05, 0.1) is 4.95 Å². The smallest absolute Gasteiger partial charge is 0.167 e. The van der Waals surface area contributed by atoms with E-state index in [1.165, 1.54) is 0 Å². The maximum Gasteiger partial charge on any atom is 0.167 e. The van der Waals surface area contributed by atoms with Crippen LogP contribution in [0.5, 0.6) is 0 Å². The number of alkyl halides is 1. The normalized spacial score (nSPS) is 21.4. The molecule has 1 aromatic rings. The lowest BCUT2D eigenvalue weighted by Gasteiger charge is -2.21. The molecule has 62 valence electrons. The molecule has 1 unspecified atom stereocenters. The van der Waals surface area contributed by atoms with Crippen molar-refractivity contribution in [2.24, 2.45) is 0 Å². The highest BCUT2D eigenvalue weighted by molar-refractivity contribution is 9.09. The van der Waals surface area contributed by atoms with Gasteiger partial charge in [-0.2, -0.15) is 0 Å². The Balaban J connectivity index is 2.47. The van der Waals surface area contributed by atoms with Crippen LogP contribution in [-0.4, -0.2) is 10.7 Å². The minimum atomic E-state index is 0.0832. The first-order valence-electron chi connectivity index (χ1n) is 3.80. The first-order chi connectivity index (χ1) is 5.77. The van der Waals surface area contributed by atoms with Crippen molar-refractivity contribution >= 4 is 27.4 Å². The summed E-state index contributed by atoms with van der Waals surface area (Å²) < 4.78 is 0. The van der Waals surface area contributed by atoms with E-state index in [4.69, 9.17) is 0 Å². The second kappa shape index (κ2) is 2.90. The molecule has 1 aliphatic heterocycles. The molecule has 12 heavy (non-hydrogen) atoms. The zero-order chi connectivity index (χ0) is 8.55. The molecule has 0 radical (unpaired) electrons. The molecule has 0 saturated carbocycles. The molecular weight excluding hydrogens is 218 g/mol. The topological polar surface area (TPSA) is 29.1 Å². The van der Waals surface area contributed by atoms with Crippen molar-refractivity contribution in [3.8, 4) is 0 Å². The van der Waals surface area contributed by atoms with Crippen LogP contribution >= 0.6 is 15.9 Å². The summed E-state index contributed by atoms with van der Waals surface area (Å²) in [4.78, 5) is 11.5. The van der Waals surface area contributed by atoms with Gasteiger partial charge in [-0.15, -0.1) is 0 Å². The van der Waals surface area contributed by atoms with Gasteiger partial charge in [-0.25, -0.2) is 0 Å². The van der Waals surface area contributed by atoms with E-state index in [1.807, 2.05) is 24.3 Å². The number of hydrogen-bond donors (Lipinski definition) is 1. The van der Waals surface area contributed by atoms with Crippen LogP contribution in [0.1, 0.15) is 16.8 Å². The number of benzene rings is 1. The molecule has 0 saturated heterocycles. The van der Waals surface area contributed by atoms with Crippen LogP contribution in [0.25, 0.3) is 0 Å². The third-order valence-corrected chi connectivity index (χ3v) is 2.46. The van der Waals surface area contributed by atoms with E-state index in [9.17, 15) is 4.79 Å². The summed E-state index contributed by atoms with van der Waals surface area (Å²) in [5.41, 5.74) is 1.73. The van der Waals surface area contributed by atoms with Crippen molar-refractivity contribution < 1.29 is 4.79 Å². The van der Waals surface area contributed by atoms with Crippen LogP contribution in [0.2, 0.25) is 0 Å². The molecule has 0 fully saturated rings. The van der Waals surface area contributed by atoms with Gasteiger partial charge in [-0.05, 0) is 12.1 Å². The average molecular weight is 226 g/mol. The third kappa shape index (κ3) is 1.25. The number of para-hydroxylation sites is 1. The summed E-state index contributed by atoms with van der Waals surface area (Å²) in [5, 5.41) is 3.19. The van der Waals surface area contributed by atoms with Crippen LogP contribution in [0.15, 0.2) is 24.3 Å². The Hall–Kier alpha value is -0.830. The largest absolute Gasteiger partial charge is 0.372 e. The summed E-state index contributed by atoms with van der Waals surface area (Å²) in [6.07, 6.45) is 0.525. The fourth-order valence-electron chi connectivity index (χ4n) is 1.34. The Bertz CT molecular complexity index is 324. The average Bonchev–Trinajstić information content (AvgIpc) is 2.04. The monoisotopic (exact) mass is 225 g/mol. The highest BCUT2D eigenvalue weighted by Crippen LogP contribution is 2.26. The highest BCUT2D eigenvalue weighted by Gasteiger charge is 2.21. The summed E-state index contributed by atoms with van der Waals surface area (Å²) in [5.74, 6) is 0.200. The standard InChI is InChI=1S/C9H8BrNO/c10-9-5-8(12)6-3-1-2-4-7(6)11-9/h1-4,9,11H,5H2. The minimum Gasteiger partial charge on any atom is -0.372 e. The predicted octanol–water partition coefficient (Wildman–Crippen LogP) is 2.41. The molecule has 0 aromatic heterocycles. The molecular formula is C9H8BrNO. The highest BCUT2D eigenvalue weighted by atomic mass is 79.9. The van der Waals surface area contributed by atoms with Gasteiger partial charge in [0.1, 0.15) is 0 Å². The van der Waals surface area contributed by atoms with Gasteiger partial charge in [0.2, 0.25) is 0 Å². The number of carbonyl (C=O) groups is 1. The van der Waals surface area contributed by atoms with E-state index < -0.39 is 0 Å². The third-order valence-electron chi connectivity index (χ3n) is 1.90. The first-order valence-corrected chi connectivity index (χ1v) is 4.72. The summed E-state index contributed by atoms with van der Waals surface area (Å²) >= 11 is 3.37.